The highest BCUT2D eigenvalue weighted by atomic mass is 32.1. The van der Waals surface area contributed by atoms with Crippen molar-refractivity contribution in [1.82, 2.24) is 10.0 Å². The van der Waals surface area contributed by atoms with Crippen molar-refractivity contribution in [2.75, 3.05) is 0 Å². The van der Waals surface area contributed by atoms with Gasteiger partial charge in [-0.05, 0) is 30.5 Å². The summed E-state index contributed by atoms with van der Waals surface area (Å²) in [6.45, 7) is 1.69. The number of aromatic nitrogens is 1. The molecule has 0 unspecified atom stereocenters. The molecular formula is C18H12N2O5S. The minimum atomic E-state index is -0.770. The number of carbonyl (C=O) groups is 3. The molecule has 7 nitrogen and oxygen atoms in total. The molecule has 2 aromatic heterocycles. The molecule has 3 heterocycles. The first-order chi connectivity index (χ1) is 12.5. The second kappa shape index (κ2) is 6.23. The molecule has 3 aromatic rings. The van der Waals surface area contributed by atoms with E-state index >= 15 is 0 Å². The van der Waals surface area contributed by atoms with Gasteiger partial charge in [-0.15, -0.1) is 11.3 Å². The van der Waals surface area contributed by atoms with E-state index in [0.717, 1.165) is 4.88 Å². The highest BCUT2D eigenvalue weighted by molar-refractivity contribution is 7.13. The van der Waals surface area contributed by atoms with Gasteiger partial charge in [0.2, 0.25) is 5.89 Å². The quantitative estimate of drug-likeness (QED) is 0.658. The molecule has 0 fully saturated rings. The van der Waals surface area contributed by atoms with Gasteiger partial charge in [-0.25, -0.2) is 9.78 Å². The van der Waals surface area contributed by atoms with Crippen molar-refractivity contribution < 1.29 is 23.6 Å². The van der Waals surface area contributed by atoms with Gasteiger partial charge >= 0.3 is 5.97 Å². The monoisotopic (exact) mass is 368 g/mol. The second-order valence-electron chi connectivity index (χ2n) is 5.59. The van der Waals surface area contributed by atoms with Crippen molar-refractivity contribution in [3.05, 3.63) is 64.4 Å². The lowest BCUT2D eigenvalue weighted by Crippen LogP contribution is -2.33. The Kier molecular flexibility index (Phi) is 3.89. The van der Waals surface area contributed by atoms with E-state index in [1.807, 2.05) is 17.5 Å². The van der Waals surface area contributed by atoms with Crippen LogP contribution in [-0.2, 0) is 16.1 Å². The fourth-order valence-electron chi connectivity index (χ4n) is 2.62. The summed E-state index contributed by atoms with van der Waals surface area (Å²) in [6, 6.07) is 10.0. The summed E-state index contributed by atoms with van der Waals surface area (Å²) < 4.78 is 5.57. The molecule has 2 amide bonds. The van der Waals surface area contributed by atoms with Crippen LogP contribution in [0.5, 0.6) is 0 Å². The van der Waals surface area contributed by atoms with Crippen molar-refractivity contribution in [1.29, 1.82) is 0 Å². The first kappa shape index (κ1) is 16.2. The van der Waals surface area contributed by atoms with Crippen LogP contribution in [0.4, 0.5) is 0 Å². The van der Waals surface area contributed by atoms with Crippen LogP contribution in [0, 0.1) is 6.92 Å². The predicted molar refractivity (Wildman–Crippen MR) is 91.3 cm³/mol. The maximum atomic E-state index is 12.2. The van der Waals surface area contributed by atoms with Gasteiger partial charge in [0.05, 0.1) is 28.1 Å². The lowest BCUT2D eigenvalue weighted by atomic mass is 10.1. The Morgan fingerprint density at radius 2 is 1.85 bits per heavy atom. The molecule has 130 valence electrons. The van der Waals surface area contributed by atoms with Crippen LogP contribution in [-0.4, -0.2) is 27.8 Å². The zero-order chi connectivity index (χ0) is 18.3. The van der Waals surface area contributed by atoms with Crippen molar-refractivity contribution in [3.63, 3.8) is 0 Å². The standard InChI is InChI=1S/C18H12N2O5S/c1-10-13(19-16(24-10)14-7-4-8-26-14)9-15(21)25-20-17(22)11-5-2-3-6-12(11)18(20)23/h2-8H,9H2,1H3. The first-order valence-electron chi connectivity index (χ1n) is 7.73. The number of carbonyl (C=O) groups excluding carboxylic acids is 3. The summed E-state index contributed by atoms with van der Waals surface area (Å²) in [5, 5.41) is 2.38. The number of amides is 2. The Morgan fingerprint density at radius 1 is 1.15 bits per heavy atom. The topological polar surface area (TPSA) is 89.7 Å². The van der Waals surface area contributed by atoms with Crippen LogP contribution in [0.3, 0.4) is 0 Å². The van der Waals surface area contributed by atoms with Gasteiger partial charge in [0.25, 0.3) is 11.8 Å². The third-order valence-corrected chi connectivity index (χ3v) is 4.74. The number of hydrogen-bond acceptors (Lipinski definition) is 7. The van der Waals surface area contributed by atoms with Crippen molar-refractivity contribution in [2.24, 2.45) is 0 Å². The highest BCUT2D eigenvalue weighted by Crippen LogP contribution is 2.27. The Hall–Kier alpha value is -3.26. The fraction of sp³-hybridized carbons (Fsp3) is 0.111. The van der Waals surface area contributed by atoms with E-state index < -0.39 is 17.8 Å². The van der Waals surface area contributed by atoms with E-state index in [1.165, 1.54) is 23.5 Å². The van der Waals surface area contributed by atoms with Crippen LogP contribution < -0.4 is 0 Å². The van der Waals surface area contributed by atoms with Crippen LogP contribution in [0.15, 0.2) is 46.2 Å². The number of hydrogen-bond donors (Lipinski definition) is 0. The van der Waals surface area contributed by atoms with Crippen LogP contribution in [0.2, 0.25) is 0 Å². The van der Waals surface area contributed by atoms with Gasteiger partial charge in [0, 0.05) is 0 Å². The van der Waals surface area contributed by atoms with Crippen molar-refractivity contribution in [3.8, 4) is 10.8 Å². The molecule has 0 saturated carbocycles. The van der Waals surface area contributed by atoms with E-state index in [4.69, 9.17) is 9.25 Å². The number of rotatable bonds is 4. The van der Waals surface area contributed by atoms with E-state index in [0.29, 0.717) is 22.4 Å². The molecule has 26 heavy (non-hydrogen) atoms. The molecule has 0 N–H and O–H groups in total. The molecule has 0 radical (unpaired) electrons. The molecule has 8 heteroatoms. The van der Waals surface area contributed by atoms with Crippen LogP contribution >= 0.6 is 11.3 Å². The van der Waals surface area contributed by atoms with Gasteiger partial charge in [-0.2, -0.15) is 0 Å². The van der Waals surface area contributed by atoms with Gasteiger partial charge in [-0.1, -0.05) is 23.3 Å². The zero-order valence-electron chi connectivity index (χ0n) is 13.6. The molecule has 4 rings (SSSR count). The lowest BCUT2D eigenvalue weighted by Gasteiger charge is -2.12. The van der Waals surface area contributed by atoms with E-state index in [9.17, 15) is 14.4 Å². The first-order valence-corrected chi connectivity index (χ1v) is 8.61. The Labute approximate surface area is 151 Å². The zero-order valence-corrected chi connectivity index (χ0v) is 14.4. The predicted octanol–water partition coefficient (Wildman–Crippen LogP) is 3.01. The van der Waals surface area contributed by atoms with Gasteiger partial charge in [0.1, 0.15) is 5.76 Å². The number of hydroxylamine groups is 2. The van der Waals surface area contributed by atoms with Gasteiger partial charge in [-0.3, -0.25) is 9.59 Å². The number of imide groups is 1. The van der Waals surface area contributed by atoms with Crippen LogP contribution in [0.1, 0.15) is 32.2 Å². The normalized spacial score (nSPS) is 13.2. The van der Waals surface area contributed by atoms with Crippen molar-refractivity contribution in [2.45, 2.75) is 13.3 Å². The number of oxazole rings is 1. The molecule has 0 bridgehead atoms. The van der Waals surface area contributed by atoms with E-state index in [1.54, 1.807) is 19.1 Å². The fourth-order valence-corrected chi connectivity index (χ4v) is 3.27. The molecule has 0 aliphatic carbocycles. The number of aryl methyl sites for hydroxylation is 1. The summed E-state index contributed by atoms with van der Waals surface area (Å²) in [5.41, 5.74) is 0.820. The smallest absolute Gasteiger partial charge is 0.339 e. The number of fused-ring (bicyclic) bond motifs is 1. The largest absolute Gasteiger partial charge is 0.440 e. The van der Waals surface area contributed by atoms with Gasteiger partial charge in [0.15, 0.2) is 0 Å². The maximum absolute atomic E-state index is 12.2. The maximum Gasteiger partial charge on any atom is 0.339 e. The Morgan fingerprint density at radius 3 is 2.46 bits per heavy atom. The van der Waals surface area contributed by atoms with Gasteiger partial charge < -0.3 is 9.25 Å². The molecule has 0 atom stereocenters. The highest BCUT2D eigenvalue weighted by Gasteiger charge is 2.38. The average molecular weight is 368 g/mol. The summed E-state index contributed by atoms with van der Waals surface area (Å²) in [6.07, 6.45) is -0.214. The molecule has 1 aliphatic rings. The molecule has 1 aromatic carbocycles. The van der Waals surface area contributed by atoms with Crippen molar-refractivity contribution >= 4 is 29.1 Å². The summed E-state index contributed by atoms with van der Waals surface area (Å²) >= 11 is 1.47. The molecule has 1 aliphatic heterocycles. The molecule has 0 spiro atoms. The van der Waals surface area contributed by atoms with Crippen LogP contribution in [0.25, 0.3) is 10.8 Å². The number of thiophene rings is 1. The number of benzene rings is 1. The number of nitrogens with zero attached hydrogens (tertiary/aromatic N) is 2. The summed E-state index contributed by atoms with van der Waals surface area (Å²) in [4.78, 5) is 46.8. The van der Waals surface area contributed by atoms with E-state index in [-0.39, 0.29) is 17.5 Å². The summed E-state index contributed by atoms with van der Waals surface area (Å²) in [5.74, 6) is -1.19. The second-order valence-corrected chi connectivity index (χ2v) is 6.54. The minimum absolute atomic E-state index is 0.211. The SMILES string of the molecule is Cc1oc(-c2cccs2)nc1CC(=O)ON1C(=O)c2ccccc2C1=O. The van der Waals surface area contributed by atoms with E-state index in [2.05, 4.69) is 4.98 Å². The third-order valence-electron chi connectivity index (χ3n) is 3.89. The molecule has 0 saturated heterocycles. The Bertz CT molecular complexity index is 987. The molecular weight excluding hydrogens is 356 g/mol. The lowest BCUT2D eigenvalue weighted by molar-refractivity contribution is -0.167. The average Bonchev–Trinajstić information content (AvgIpc) is 3.33. The minimum Gasteiger partial charge on any atom is -0.440 e. The Balaban J connectivity index is 1.49. The summed E-state index contributed by atoms with van der Waals surface area (Å²) in [7, 11) is 0. The third kappa shape index (κ3) is 2.70.